The van der Waals surface area contributed by atoms with E-state index >= 15 is 0 Å². The van der Waals surface area contributed by atoms with Gasteiger partial charge < -0.3 is 10.1 Å². The van der Waals surface area contributed by atoms with Gasteiger partial charge in [-0.3, -0.25) is 9.69 Å². The highest BCUT2D eigenvalue weighted by atomic mass is 16.5. The Morgan fingerprint density at radius 3 is 2.78 bits per heavy atom. The van der Waals surface area contributed by atoms with Crippen molar-refractivity contribution in [2.75, 3.05) is 38.2 Å². The van der Waals surface area contributed by atoms with Crippen LogP contribution in [0, 0.1) is 6.92 Å². The highest BCUT2D eigenvalue weighted by Gasteiger charge is 2.12. The molecule has 1 saturated heterocycles. The summed E-state index contributed by atoms with van der Waals surface area (Å²) in [5, 5.41) is 2.95. The first-order valence-corrected chi connectivity index (χ1v) is 6.41. The van der Waals surface area contributed by atoms with Gasteiger partial charge in [0.15, 0.2) is 0 Å². The third-order valence-electron chi connectivity index (χ3n) is 3.18. The van der Waals surface area contributed by atoms with E-state index in [1.807, 2.05) is 31.2 Å². The van der Waals surface area contributed by atoms with Gasteiger partial charge in [-0.2, -0.15) is 0 Å². The van der Waals surface area contributed by atoms with Gasteiger partial charge in [-0.15, -0.1) is 0 Å². The molecule has 98 valence electrons. The van der Waals surface area contributed by atoms with Crippen molar-refractivity contribution < 1.29 is 9.53 Å². The number of nitrogens with one attached hydrogen (secondary N) is 1. The Hall–Kier alpha value is -1.39. The van der Waals surface area contributed by atoms with E-state index < -0.39 is 0 Å². The molecular formula is C14H20N2O2. The lowest BCUT2D eigenvalue weighted by molar-refractivity contribution is -0.116. The zero-order chi connectivity index (χ0) is 12.8. The number of nitrogens with zero attached hydrogens (tertiary/aromatic N) is 1. The van der Waals surface area contributed by atoms with Crippen LogP contribution in [0.2, 0.25) is 0 Å². The van der Waals surface area contributed by atoms with Crippen molar-refractivity contribution in [1.29, 1.82) is 0 Å². The number of amides is 1. The number of benzene rings is 1. The van der Waals surface area contributed by atoms with Gasteiger partial charge in [0.2, 0.25) is 5.91 Å². The average molecular weight is 248 g/mol. The smallest absolute Gasteiger partial charge is 0.225 e. The van der Waals surface area contributed by atoms with Crippen molar-refractivity contribution in [2.24, 2.45) is 0 Å². The molecule has 1 aromatic rings. The van der Waals surface area contributed by atoms with Crippen LogP contribution >= 0.6 is 0 Å². The van der Waals surface area contributed by atoms with E-state index in [2.05, 4.69) is 10.2 Å². The first-order chi connectivity index (χ1) is 8.75. The van der Waals surface area contributed by atoms with E-state index in [1.165, 1.54) is 0 Å². The third-order valence-corrected chi connectivity index (χ3v) is 3.18. The molecule has 1 heterocycles. The Bertz CT molecular complexity index is 401. The number of carbonyl (C=O) groups excluding carboxylic acids is 1. The van der Waals surface area contributed by atoms with Crippen LogP contribution in [-0.2, 0) is 9.53 Å². The number of hydrogen-bond acceptors (Lipinski definition) is 3. The first-order valence-electron chi connectivity index (χ1n) is 6.41. The third kappa shape index (κ3) is 3.82. The zero-order valence-corrected chi connectivity index (χ0v) is 10.8. The van der Waals surface area contributed by atoms with Gasteiger partial charge in [-0.05, 0) is 18.6 Å². The maximum Gasteiger partial charge on any atom is 0.225 e. The minimum Gasteiger partial charge on any atom is -0.379 e. The predicted octanol–water partition coefficient (Wildman–Crippen LogP) is 1.66. The normalized spacial score (nSPS) is 16.5. The van der Waals surface area contributed by atoms with E-state index in [1.54, 1.807) is 0 Å². The van der Waals surface area contributed by atoms with Crippen LogP contribution in [0.4, 0.5) is 5.69 Å². The van der Waals surface area contributed by atoms with Gasteiger partial charge in [0, 0.05) is 31.7 Å². The molecule has 1 aliphatic heterocycles. The van der Waals surface area contributed by atoms with Gasteiger partial charge >= 0.3 is 0 Å². The number of anilines is 1. The summed E-state index contributed by atoms with van der Waals surface area (Å²) < 4.78 is 5.28. The van der Waals surface area contributed by atoms with Crippen LogP contribution in [0.15, 0.2) is 24.3 Å². The second kappa shape index (κ2) is 6.52. The minimum absolute atomic E-state index is 0.0794. The molecule has 0 atom stereocenters. The molecule has 0 aromatic heterocycles. The standard InChI is InChI=1S/C14H20N2O2/c1-12-4-2-3-5-13(12)15-14(17)6-7-16-8-10-18-11-9-16/h2-5H,6-11H2,1H3,(H,15,17). The summed E-state index contributed by atoms with van der Waals surface area (Å²) in [4.78, 5) is 14.1. The lowest BCUT2D eigenvalue weighted by Gasteiger charge is -2.26. The fourth-order valence-electron chi connectivity index (χ4n) is 2.01. The van der Waals surface area contributed by atoms with Crippen LogP contribution in [0.5, 0.6) is 0 Å². The van der Waals surface area contributed by atoms with Crippen LogP contribution in [0.25, 0.3) is 0 Å². The monoisotopic (exact) mass is 248 g/mol. The molecule has 4 heteroatoms. The van der Waals surface area contributed by atoms with Crippen LogP contribution in [0.1, 0.15) is 12.0 Å². The molecule has 1 aliphatic rings. The molecule has 1 fully saturated rings. The lowest BCUT2D eigenvalue weighted by Crippen LogP contribution is -2.38. The van der Waals surface area contributed by atoms with Gasteiger partial charge in [-0.25, -0.2) is 0 Å². The number of morpholine rings is 1. The number of para-hydroxylation sites is 1. The van der Waals surface area contributed by atoms with E-state index in [9.17, 15) is 4.79 Å². The Labute approximate surface area is 108 Å². The molecule has 0 saturated carbocycles. The van der Waals surface area contributed by atoms with Crippen molar-refractivity contribution in [3.63, 3.8) is 0 Å². The second-order valence-corrected chi connectivity index (χ2v) is 4.57. The molecule has 2 rings (SSSR count). The topological polar surface area (TPSA) is 41.6 Å². The molecule has 1 N–H and O–H groups in total. The van der Waals surface area contributed by atoms with E-state index in [4.69, 9.17) is 4.74 Å². The molecule has 0 bridgehead atoms. The zero-order valence-electron chi connectivity index (χ0n) is 10.8. The summed E-state index contributed by atoms with van der Waals surface area (Å²) >= 11 is 0. The average Bonchev–Trinajstić information content (AvgIpc) is 2.40. The molecule has 0 radical (unpaired) electrons. The van der Waals surface area contributed by atoms with Crippen molar-refractivity contribution >= 4 is 11.6 Å². The summed E-state index contributed by atoms with van der Waals surface area (Å²) in [6, 6.07) is 7.84. The van der Waals surface area contributed by atoms with Gasteiger partial charge in [0.25, 0.3) is 0 Å². The van der Waals surface area contributed by atoms with Gasteiger partial charge in [-0.1, -0.05) is 18.2 Å². The predicted molar refractivity (Wildman–Crippen MR) is 71.7 cm³/mol. The quantitative estimate of drug-likeness (QED) is 0.881. The Morgan fingerprint density at radius 2 is 2.06 bits per heavy atom. The Kier molecular flexibility index (Phi) is 4.73. The summed E-state index contributed by atoms with van der Waals surface area (Å²) in [5.74, 6) is 0.0794. The van der Waals surface area contributed by atoms with Gasteiger partial charge in [0.1, 0.15) is 0 Å². The van der Waals surface area contributed by atoms with Crippen molar-refractivity contribution in [1.82, 2.24) is 4.90 Å². The van der Waals surface area contributed by atoms with Crippen molar-refractivity contribution in [3.05, 3.63) is 29.8 Å². The molecular weight excluding hydrogens is 228 g/mol. The first kappa shape index (κ1) is 13.1. The van der Waals surface area contributed by atoms with Crippen LogP contribution in [-0.4, -0.2) is 43.7 Å². The largest absolute Gasteiger partial charge is 0.379 e. The SMILES string of the molecule is Cc1ccccc1NC(=O)CCN1CCOCC1. The maximum atomic E-state index is 11.8. The molecule has 18 heavy (non-hydrogen) atoms. The highest BCUT2D eigenvalue weighted by Crippen LogP contribution is 2.13. The Morgan fingerprint density at radius 1 is 1.33 bits per heavy atom. The van der Waals surface area contributed by atoms with E-state index in [-0.39, 0.29) is 5.91 Å². The summed E-state index contributed by atoms with van der Waals surface area (Å²) in [7, 11) is 0. The number of rotatable bonds is 4. The molecule has 0 aliphatic carbocycles. The maximum absolute atomic E-state index is 11.8. The molecule has 0 spiro atoms. The van der Waals surface area contributed by atoms with Crippen molar-refractivity contribution in [3.8, 4) is 0 Å². The number of ether oxygens (including phenoxy) is 1. The van der Waals surface area contributed by atoms with Crippen molar-refractivity contribution in [2.45, 2.75) is 13.3 Å². The summed E-state index contributed by atoms with van der Waals surface area (Å²) in [6.07, 6.45) is 0.536. The molecule has 0 unspecified atom stereocenters. The number of carbonyl (C=O) groups is 1. The molecule has 4 nitrogen and oxygen atoms in total. The molecule has 1 aromatic carbocycles. The fraction of sp³-hybridized carbons (Fsp3) is 0.500. The number of hydrogen-bond donors (Lipinski definition) is 1. The second-order valence-electron chi connectivity index (χ2n) is 4.57. The fourth-order valence-corrected chi connectivity index (χ4v) is 2.01. The van der Waals surface area contributed by atoms with Gasteiger partial charge in [0.05, 0.1) is 13.2 Å². The lowest BCUT2D eigenvalue weighted by atomic mass is 10.2. The number of aryl methyl sites for hydroxylation is 1. The van der Waals surface area contributed by atoms with E-state index in [0.717, 1.165) is 44.1 Å². The Balaban J connectivity index is 1.76. The summed E-state index contributed by atoms with van der Waals surface area (Å²) in [5.41, 5.74) is 2.00. The van der Waals surface area contributed by atoms with Crippen LogP contribution < -0.4 is 5.32 Å². The van der Waals surface area contributed by atoms with E-state index in [0.29, 0.717) is 6.42 Å². The highest BCUT2D eigenvalue weighted by molar-refractivity contribution is 5.91. The minimum atomic E-state index is 0.0794. The summed E-state index contributed by atoms with van der Waals surface area (Å²) in [6.45, 7) is 6.22. The molecule has 1 amide bonds. The van der Waals surface area contributed by atoms with Crippen LogP contribution in [0.3, 0.4) is 0 Å².